The van der Waals surface area contributed by atoms with Gasteiger partial charge in [-0.1, -0.05) is 30.3 Å². The Hall–Kier alpha value is -2.08. The molecule has 6 heteroatoms. The highest BCUT2D eigenvalue weighted by atomic mass is 32.2. The maximum absolute atomic E-state index is 11.4. The molecule has 1 saturated heterocycles. The Morgan fingerprint density at radius 2 is 2.13 bits per heavy atom. The van der Waals surface area contributed by atoms with Gasteiger partial charge in [-0.15, -0.1) is 11.8 Å². The molecule has 1 aliphatic rings. The summed E-state index contributed by atoms with van der Waals surface area (Å²) in [7, 11) is 0. The molecule has 5 nitrogen and oxygen atoms in total. The van der Waals surface area contributed by atoms with Gasteiger partial charge in [-0.05, 0) is 18.4 Å². The molecule has 120 valence electrons. The lowest BCUT2D eigenvalue weighted by Gasteiger charge is -2.32. The van der Waals surface area contributed by atoms with Gasteiger partial charge < -0.3 is 10.6 Å². The zero-order valence-electron chi connectivity index (χ0n) is 12.9. The van der Waals surface area contributed by atoms with Crippen LogP contribution in [0.1, 0.15) is 18.4 Å². The summed E-state index contributed by atoms with van der Waals surface area (Å²) in [6, 6.07) is 12.3. The van der Waals surface area contributed by atoms with Crippen molar-refractivity contribution < 1.29 is 4.79 Å². The van der Waals surface area contributed by atoms with E-state index >= 15 is 0 Å². The minimum Gasteiger partial charge on any atom is -0.369 e. The van der Waals surface area contributed by atoms with Gasteiger partial charge >= 0.3 is 0 Å². The van der Waals surface area contributed by atoms with Crippen molar-refractivity contribution in [2.45, 2.75) is 23.6 Å². The number of amides is 1. The summed E-state index contributed by atoms with van der Waals surface area (Å²) in [5, 5.41) is 0.944. The standard InChI is InChI=1S/C17H20N4OS/c18-17(22)14-7-4-8-21(10-14)15-9-16(20-12-19-15)23-11-13-5-2-1-3-6-13/h1-3,5-6,9,12,14H,4,7-8,10-11H2,(H2,18,22)/t14-/m0/s1. The van der Waals surface area contributed by atoms with Crippen molar-refractivity contribution in [2.24, 2.45) is 11.7 Å². The predicted octanol–water partition coefficient (Wildman–Crippen LogP) is 2.47. The van der Waals surface area contributed by atoms with Crippen LogP contribution in [-0.4, -0.2) is 29.0 Å². The Bertz CT molecular complexity index is 665. The number of nitrogens with zero attached hydrogens (tertiary/aromatic N) is 3. The van der Waals surface area contributed by atoms with Crippen LogP contribution in [0, 0.1) is 5.92 Å². The average molecular weight is 328 g/mol. The third kappa shape index (κ3) is 4.22. The smallest absolute Gasteiger partial charge is 0.222 e. The first kappa shape index (κ1) is 15.8. The zero-order valence-corrected chi connectivity index (χ0v) is 13.7. The highest BCUT2D eigenvalue weighted by Crippen LogP contribution is 2.26. The molecule has 1 aliphatic heterocycles. The fourth-order valence-corrected chi connectivity index (χ4v) is 3.55. The summed E-state index contributed by atoms with van der Waals surface area (Å²) in [6.07, 6.45) is 3.42. The number of hydrogen-bond acceptors (Lipinski definition) is 5. The SMILES string of the molecule is NC(=O)[C@H]1CCCN(c2cc(SCc3ccccc3)ncn2)C1. The van der Waals surface area contributed by atoms with Crippen molar-refractivity contribution in [1.29, 1.82) is 0 Å². The number of hydrogen-bond donors (Lipinski definition) is 1. The van der Waals surface area contributed by atoms with E-state index in [0.29, 0.717) is 6.54 Å². The quantitative estimate of drug-likeness (QED) is 0.674. The second kappa shape index (κ2) is 7.46. The maximum atomic E-state index is 11.4. The van der Waals surface area contributed by atoms with Crippen molar-refractivity contribution >= 4 is 23.5 Å². The van der Waals surface area contributed by atoms with Crippen molar-refractivity contribution in [1.82, 2.24) is 9.97 Å². The summed E-state index contributed by atoms with van der Waals surface area (Å²) in [5.74, 6) is 1.45. The lowest BCUT2D eigenvalue weighted by atomic mass is 9.97. The van der Waals surface area contributed by atoms with Gasteiger partial charge in [0.25, 0.3) is 0 Å². The van der Waals surface area contributed by atoms with Crippen LogP contribution in [-0.2, 0) is 10.5 Å². The molecule has 2 heterocycles. The van der Waals surface area contributed by atoms with Crippen LogP contribution in [0.15, 0.2) is 47.8 Å². The van der Waals surface area contributed by atoms with Crippen LogP contribution in [0.2, 0.25) is 0 Å². The van der Waals surface area contributed by atoms with Gasteiger partial charge in [0.05, 0.1) is 5.92 Å². The molecule has 0 spiro atoms. The van der Waals surface area contributed by atoms with E-state index in [0.717, 1.165) is 36.0 Å². The topological polar surface area (TPSA) is 72.1 Å². The third-order valence-corrected chi connectivity index (χ3v) is 5.00. The van der Waals surface area contributed by atoms with Gasteiger partial charge in [-0.3, -0.25) is 4.79 Å². The van der Waals surface area contributed by atoms with Gasteiger partial charge in [-0.2, -0.15) is 0 Å². The first-order valence-corrected chi connectivity index (χ1v) is 8.74. The second-order valence-corrected chi connectivity index (χ2v) is 6.67. The number of aromatic nitrogens is 2. The van der Waals surface area contributed by atoms with Crippen molar-refractivity contribution in [3.63, 3.8) is 0 Å². The van der Waals surface area contributed by atoms with E-state index in [4.69, 9.17) is 5.73 Å². The van der Waals surface area contributed by atoms with Crippen LogP contribution >= 0.6 is 11.8 Å². The fraction of sp³-hybridized carbons (Fsp3) is 0.353. The summed E-state index contributed by atoms with van der Waals surface area (Å²) in [4.78, 5) is 22.2. The molecule has 1 fully saturated rings. The Balaban J connectivity index is 1.66. The largest absolute Gasteiger partial charge is 0.369 e. The summed E-state index contributed by atoms with van der Waals surface area (Å²) < 4.78 is 0. The number of piperidine rings is 1. The molecule has 0 radical (unpaired) electrons. The molecule has 3 rings (SSSR count). The normalized spacial score (nSPS) is 17.9. The molecule has 1 aromatic carbocycles. The molecule has 1 amide bonds. The number of carbonyl (C=O) groups is 1. The van der Waals surface area contributed by atoms with Gasteiger partial charge in [0.1, 0.15) is 17.2 Å². The lowest BCUT2D eigenvalue weighted by Crippen LogP contribution is -2.41. The first-order chi connectivity index (χ1) is 11.2. The molecule has 1 atom stereocenters. The number of anilines is 1. The molecule has 1 aromatic heterocycles. The van der Waals surface area contributed by atoms with Crippen molar-refractivity contribution in [2.75, 3.05) is 18.0 Å². The van der Waals surface area contributed by atoms with Crippen molar-refractivity contribution in [3.05, 3.63) is 48.3 Å². The number of nitrogens with two attached hydrogens (primary N) is 1. The molecular weight excluding hydrogens is 308 g/mol. The number of rotatable bonds is 5. The molecule has 0 unspecified atom stereocenters. The molecule has 0 aliphatic carbocycles. The Labute approximate surface area is 140 Å². The minimum absolute atomic E-state index is 0.0841. The van der Waals surface area contributed by atoms with Gasteiger partial charge in [-0.25, -0.2) is 9.97 Å². The van der Waals surface area contributed by atoms with Crippen molar-refractivity contribution in [3.8, 4) is 0 Å². The highest BCUT2D eigenvalue weighted by molar-refractivity contribution is 7.98. The van der Waals surface area contributed by atoms with E-state index in [1.807, 2.05) is 24.3 Å². The minimum atomic E-state index is -0.220. The molecule has 0 bridgehead atoms. The van der Waals surface area contributed by atoms with Crippen LogP contribution in [0.4, 0.5) is 5.82 Å². The van der Waals surface area contributed by atoms with E-state index in [-0.39, 0.29) is 11.8 Å². The Kier molecular flexibility index (Phi) is 5.12. The first-order valence-electron chi connectivity index (χ1n) is 7.75. The van der Waals surface area contributed by atoms with E-state index in [1.165, 1.54) is 5.56 Å². The van der Waals surface area contributed by atoms with Crippen LogP contribution in [0.5, 0.6) is 0 Å². The summed E-state index contributed by atoms with van der Waals surface area (Å²) >= 11 is 1.69. The average Bonchev–Trinajstić information content (AvgIpc) is 2.61. The molecule has 0 saturated carbocycles. The molecule has 2 N–H and O–H groups in total. The van der Waals surface area contributed by atoms with Crippen LogP contribution < -0.4 is 10.6 Å². The lowest BCUT2D eigenvalue weighted by molar-refractivity contribution is -0.122. The monoisotopic (exact) mass is 328 g/mol. The number of benzene rings is 1. The third-order valence-electron chi connectivity index (χ3n) is 4.00. The number of thioether (sulfide) groups is 1. The van der Waals surface area contributed by atoms with E-state index < -0.39 is 0 Å². The number of primary amides is 1. The highest BCUT2D eigenvalue weighted by Gasteiger charge is 2.24. The summed E-state index contributed by atoms with van der Waals surface area (Å²) in [6.45, 7) is 1.55. The van der Waals surface area contributed by atoms with Crippen LogP contribution in [0.3, 0.4) is 0 Å². The Morgan fingerprint density at radius 1 is 1.30 bits per heavy atom. The maximum Gasteiger partial charge on any atom is 0.222 e. The molecule has 2 aromatic rings. The predicted molar refractivity (Wildman–Crippen MR) is 92.2 cm³/mol. The number of carbonyl (C=O) groups excluding carboxylic acids is 1. The molecular formula is C17H20N4OS. The zero-order chi connectivity index (χ0) is 16.1. The fourth-order valence-electron chi connectivity index (χ4n) is 2.73. The van der Waals surface area contributed by atoms with Gasteiger partial charge in [0.15, 0.2) is 0 Å². The summed E-state index contributed by atoms with van der Waals surface area (Å²) in [5.41, 5.74) is 6.72. The van der Waals surface area contributed by atoms with Crippen LogP contribution in [0.25, 0.3) is 0 Å². The Morgan fingerprint density at radius 3 is 2.91 bits per heavy atom. The van der Waals surface area contributed by atoms with E-state index in [9.17, 15) is 4.79 Å². The second-order valence-electron chi connectivity index (χ2n) is 5.68. The van der Waals surface area contributed by atoms with Gasteiger partial charge in [0, 0.05) is 24.9 Å². The van der Waals surface area contributed by atoms with E-state index in [1.54, 1.807) is 18.1 Å². The molecule has 23 heavy (non-hydrogen) atoms. The van der Waals surface area contributed by atoms with Gasteiger partial charge in [0.2, 0.25) is 5.91 Å². The van der Waals surface area contributed by atoms with E-state index in [2.05, 4.69) is 27.0 Å².